The Hall–Kier alpha value is -0.820. The molecule has 2 atom stereocenters. The largest absolute Gasteiger partial charge is 0.314 e. The first kappa shape index (κ1) is 12.6. The quantitative estimate of drug-likeness (QED) is 0.833. The second-order valence-electron chi connectivity index (χ2n) is 5.60. The molecule has 0 saturated heterocycles. The van der Waals surface area contributed by atoms with Gasteiger partial charge in [-0.05, 0) is 49.8 Å². The van der Waals surface area contributed by atoms with Gasteiger partial charge >= 0.3 is 0 Å². The number of nitrogens with one attached hydrogen (secondary N) is 1. The lowest BCUT2D eigenvalue weighted by atomic mass is 9.87. The molecule has 1 aromatic rings. The molecule has 94 valence electrons. The zero-order valence-electron chi connectivity index (χ0n) is 11.2. The molecule has 0 aliphatic heterocycles. The Morgan fingerprint density at radius 2 is 2.06 bits per heavy atom. The average Bonchev–Trinajstić information content (AvgIpc) is 2.32. The number of aryl methyl sites for hydroxylation is 1. The molecule has 1 aromatic carbocycles. The smallest absolute Gasteiger partial charge is 0.00697 e. The molecule has 1 aliphatic carbocycles. The van der Waals surface area contributed by atoms with Crippen molar-refractivity contribution in [3.8, 4) is 0 Å². The Morgan fingerprint density at radius 1 is 1.24 bits per heavy atom. The predicted molar refractivity (Wildman–Crippen MR) is 74.3 cm³/mol. The molecule has 17 heavy (non-hydrogen) atoms. The monoisotopic (exact) mass is 231 g/mol. The highest BCUT2D eigenvalue weighted by Crippen LogP contribution is 2.23. The molecule has 2 unspecified atom stereocenters. The van der Waals surface area contributed by atoms with Crippen molar-refractivity contribution in [1.29, 1.82) is 0 Å². The molecule has 1 saturated carbocycles. The Balaban J connectivity index is 1.74. The van der Waals surface area contributed by atoms with E-state index in [0.29, 0.717) is 0 Å². The number of benzene rings is 1. The van der Waals surface area contributed by atoms with Crippen molar-refractivity contribution < 1.29 is 0 Å². The van der Waals surface area contributed by atoms with Gasteiger partial charge in [0.1, 0.15) is 0 Å². The summed E-state index contributed by atoms with van der Waals surface area (Å²) in [5.74, 6) is 0.916. The standard InChI is InChI=1S/C16H25N/c1-13-6-5-9-16(12-13)17-11-10-15-8-4-3-7-14(15)2/h3-4,7-8,13,16-17H,5-6,9-12H2,1-2H3. The minimum atomic E-state index is 0.766. The van der Waals surface area contributed by atoms with Crippen LogP contribution in [0.25, 0.3) is 0 Å². The molecule has 1 heteroatoms. The zero-order chi connectivity index (χ0) is 12.1. The van der Waals surface area contributed by atoms with Crippen molar-refractivity contribution in [2.75, 3.05) is 6.54 Å². The van der Waals surface area contributed by atoms with E-state index in [9.17, 15) is 0 Å². The lowest BCUT2D eigenvalue weighted by molar-refractivity contribution is 0.303. The molecule has 0 bridgehead atoms. The fourth-order valence-corrected chi connectivity index (χ4v) is 2.92. The van der Waals surface area contributed by atoms with Gasteiger partial charge in [0, 0.05) is 6.04 Å². The van der Waals surface area contributed by atoms with E-state index in [0.717, 1.165) is 24.9 Å². The first-order chi connectivity index (χ1) is 8.25. The summed E-state index contributed by atoms with van der Waals surface area (Å²) in [7, 11) is 0. The average molecular weight is 231 g/mol. The lowest BCUT2D eigenvalue weighted by Gasteiger charge is -2.27. The summed E-state index contributed by atoms with van der Waals surface area (Å²) in [5, 5.41) is 3.73. The van der Waals surface area contributed by atoms with Gasteiger partial charge in [0.25, 0.3) is 0 Å². The van der Waals surface area contributed by atoms with Gasteiger partial charge in [0.2, 0.25) is 0 Å². The summed E-state index contributed by atoms with van der Waals surface area (Å²) in [5.41, 5.74) is 2.91. The topological polar surface area (TPSA) is 12.0 Å². The molecule has 1 nitrogen and oxygen atoms in total. The Kier molecular flexibility index (Phi) is 4.61. The molecule has 0 radical (unpaired) electrons. The molecule has 0 spiro atoms. The molecule has 2 rings (SSSR count). The van der Waals surface area contributed by atoms with Crippen LogP contribution in [0.1, 0.15) is 43.7 Å². The third-order valence-corrected chi connectivity index (χ3v) is 4.03. The van der Waals surface area contributed by atoms with Crippen LogP contribution in [0.15, 0.2) is 24.3 Å². The van der Waals surface area contributed by atoms with E-state index in [2.05, 4.69) is 43.4 Å². The van der Waals surface area contributed by atoms with E-state index in [1.807, 2.05) is 0 Å². The van der Waals surface area contributed by atoms with Crippen molar-refractivity contribution in [3.05, 3.63) is 35.4 Å². The summed E-state index contributed by atoms with van der Waals surface area (Å²) >= 11 is 0. The van der Waals surface area contributed by atoms with Crippen LogP contribution in [-0.2, 0) is 6.42 Å². The van der Waals surface area contributed by atoms with Crippen LogP contribution < -0.4 is 5.32 Å². The summed E-state index contributed by atoms with van der Waals surface area (Å²) < 4.78 is 0. The SMILES string of the molecule is Cc1ccccc1CCNC1CCCC(C)C1. The molecule has 1 N–H and O–H groups in total. The molecule has 0 aromatic heterocycles. The van der Waals surface area contributed by atoms with Crippen molar-refractivity contribution in [2.45, 2.75) is 52.0 Å². The Morgan fingerprint density at radius 3 is 2.82 bits per heavy atom. The molecule has 1 aliphatic rings. The van der Waals surface area contributed by atoms with Gasteiger partial charge in [-0.3, -0.25) is 0 Å². The molecule has 0 heterocycles. The van der Waals surface area contributed by atoms with Crippen LogP contribution in [0.3, 0.4) is 0 Å². The molecule has 1 fully saturated rings. The summed E-state index contributed by atoms with van der Waals surface area (Å²) in [6, 6.07) is 9.49. The second-order valence-corrected chi connectivity index (χ2v) is 5.60. The highest BCUT2D eigenvalue weighted by Gasteiger charge is 2.17. The normalized spacial score (nSPS) is 24.8. The maximum atomic E-state index is 3.73. The van der Waals surface area contributed by atoms with Crippen LogP contribution in [-0.4, -0.2) is 12.6 Å². The van der Waals surface area contributed by atoms with Crippen molar-refractivity contribution in [3.63, 3.8) is 0 Å². The van der Waals surface area contributed by atoms with E-state index in [1.165, 1.54) is 36.8 Å². The van der Waals surface area contributed by atoms with Gasteiger partial charge in [-0.15, -0.1) is 0 Å². The predicted octanol–water partition coefficient (Wildman–Crippen LogP) is 3.71. The van der Waals surface area contributed by atoms with Crippen LogP contribution >= 0.6 is 0 Å². The number of rotatable bonds is 4. The molecular formula is C16H25N. The minimum Gasteiger partial charge on any atom is -0.314 e. The van der Waals surface area contributed by atoms with E-state index >= 15 is 0 Å². The van der Waals surface area contributed by atoms with Crippen molar-refractivity contribution in [2.24, 2.45) is 5.92 Å². The molecule has 0 amide bonds. The van der Waals surface area contributed by atoms with E-state index in [1.54, 1.807) is 0 Å². The number of hydrogen-bond donors (Lipinski definition) is 1. The van der Waals surface area contributed by atoms with E-state index in [-0.39, 0.29) is 0 Å². The van der Waals surface area contributed by atoms with Crippen LogP contribution in [0.2, 0.25) is 0 Å². The van der Waals surface area contributed by atoms with Crippen LogP contribution in [0, 0.1) is 12.8 Å². The van der Waals surface area contributed by atoms with Gasteiger partial charge in [0.15, 0.2) is 0 Å². The minimum absolute atomic E-state index is 0.766. The van der Waals surface area contributed by atoms with E-state index in [4.69, 9.17) is 0 Å². The zero-order valence-corrected chi connectivity index (χ0v) is 11.2. The third kappa shape index (κ3) is 3.85. The first-order valence-electron chi connectivity index (χ1n) is 7.03. The Bertz CT molecular complexity index is 345. The van der Waals surface area contributed by atoms with E-state index < -0.39 is 0 Å². The van der Waals surface area contributed by atoms with Gasteiger partial charge < -0.3 is 5.32 Å². The second kappa shape index (κ2) is 6.20. The van der Waals surface area contributed by atoms with Crippen LogP contribution in [0.4, 0.5) is 0 Å². The van der Waals surface area contributed by atoms with Crippen molar-refractivity contribution >= 4 is 0 Å². The fourth-order valence-electron chi connectivity index (χ4n) is 2.92. The molecular weight excluding hydrogens is 206 g/mol. The van der Waals surface area contributed by atoms with Gasteiger partial charge in [-0.25, -0.2) is 0 Å². The van der Waals surface area contributed by atoms with Gasteiger partial charge in [-0.2, -0.15) is 0 Å². The van der Waals surface area contributed by atoms with Gasteiger partial charge in [-0.1, -0.05) is 44.0 Å². The Labute approximate surface area is 106 Å². The fraction of sp³-hybridized carbons (Fsp3) is 0.625. The number of hydrogen-bond acceptors (Lipinski definition) is 1. The highest BCUT2D eigenvalue weighted by molar-refractivity contribution is 5.25. The summed E-state index contributed by atoms with van der Waals surface area (Å²) in [6.45, 7) is 5.72. The lowest BCUT2D eigenvalue weighted by Crippen LogP contribution is -2.34. The maximum Gasteiger partial charge on any atom is 0.00697 e. The first-order valence-corrected chi connectivity index (χ1v) is 7.03. The van der Waals surface area contributed by atoms with Crippen molar-refractivity contribution in [1.82, 2.24) is 5.32 Å². The summed E-state index contributed by atoms with van der Waals surface area (Å²) in [4.78, 5) is 0. The van der Waals surface area contributed by atoms with Crippen LogP contribution in [0.5, 0.6) is 0 Å². The maximum absolute atomic E-state index is 3.73. The highest BCUT2D eigenvalue weighted by atomic mass is 14.9. The third-order valence-electron chi connectivity index (χ3n) is 4.03. The van der Waals surface area contributed by atoms with Gasteiger partial charge in [0.05, 0.1) is 0 Å². The summed E-state index contributed by atoms with van der Waals surface area (Å²) in [6.07, 6.45) is 6.74.